The Hall–Kier alpha value is -9.25. The molecule has 0 aromatic heterocycles. The van der Waals surface area contributed by atoms with Crippen LogP contribution in [0.25, 0.3) is 22.3 Å². The summed E-state index contributed by atoms with van der Waals surface area (Å²) in [5, 5.41) is 0. The van der Waals surface area contributed by atoms with Gasteiger partial charge in [-0.2, -0.15) is 0 Å². The zero-order valence-corrected chi connectivity index (χ0v) is 59.9. The van der Waals surface area contributed by atoms with Crippen LogP contribution in [0.3, 0.4) is 0 Å². The maximum Gasteiger partial charge on any atom is 0.252 e. The van der Waals surface area contributed by atoms with Gasteiger partial charge in [0.25, 0.3) is 13.4 Å². The number of nitrogens with zero attached hydrogens (tertiary/aromatic N) is 4. The fourth-order valence-electron chi connectivity index (χ4n) is 15.6. The summed E-state index contributed by atoms with van der Waals surface area (Å²) in [5.41, 5.74) is 34.2. The van der Waals surface area contributed by atoms with Gasteiger partial charge in [-0.15, -0.1) is 0 Å². The molecule has 0 spiro atoms. The van der Waals surface area contributed by atoms with E-state index in [0.29, 0.717) is 0 Å². The molecule has 478 valence electrons. The van der Waals surface area contributed by atoms with E-state index in [1.165, 1.54) is 134 Å². The van der Waals surface area contributed by atoms with E-state index in [2.05, 4.69) is 375 Å². The summed E-state index contributed by atoms with van der Waals surface area (Å²) in [6.45, 7) is 41.8. The van der Waals surface area contributed by atoms with Gasteiger partial charge in [-0.3, -0.25) is 0 Å². The minimum Gasteiger partial charge on any atom is -0.311 e. The van der Waals surface area contributed by atoms with Crippen LogP contribution in [0.4, 0.5) is 68.2 Å². The van der Waals surface area contributed by atoms with Crippen molar-refractivity contribution in [2.24, 2.45) is 0 Å². The van der Waals surface area contributed by atoms with Crippen LogP contribution in [0.2, 0.25) is 0 Å². The number of fused-ring (bicyclic) bond motifs is 8. The number of hydrogen-bond acceptors (Lipinski definition) is 4. The van der Waals surface area contributed by atoms with Crippen molar-refractivity contribution in [3.05, 3.63) is 264 Å². The molecule has 4 nitrogen and oxygen atoms in total. The first-order valence-electron chi connectivity index (χ1n) is 35.0. The van der Waals surface area contributed by atoms with E-state index in [1.807, 2.05) is 0 Å². The number of rotatable bonds is 6. The first-order valence-corrected chi connectivity index (χ1v) is 35.0. The van der Waals surface area contributed by atoms with Crippen molar-refractivity contribution in [2.45, 2.75) is 157 Å². The maximum absolute atomic E-state index is 2.71. The standard InChI is InChI=1S/C90H92B2N4/c1-85(2,3)61-29-39-67(40-30-61)93-75-47-37-65(89(13,14)15)53-71(75)91-73-55-74-78(56-77(73)95(69-43-33-63(34-44-69)87(7,8)9)81-51-59(49-79(93)83(81)91)57-25-21-19-22-26-57)96(70-45-35-64(36-46-70)88(10,11)12)82-52-60(58-27-23-20-24-28-58)50-80-84(82)92(74)72-54-66(90(16,17)18)38-48-76(72)94(80)68-41-31-62(32-42-68)86(4,5)6/h19-56H,1-18H3. The first kappa shape index (κ1) is 62.8. The summed E-state index contributed by atoms with van der Waals surface area (Å²) < 4.78 is 0. The van der Waals surface area contributed by atoms with E-state index in [-0.39, 0.29) is 45.9 Å². The molecule has 0 bridgehead atoms. The molecule has 15 rings (SSSR count). The topological polar surface area (TPSA) is 13.0 Å². The SMILES string of the molecule is CC(C)(C)c1ccc(N2c3ccc(C(C)(C)C)cc3B3c4cc5c(cc4N(c4ccc(C(C)(C)C)cc4)c4cc(-c6ccccc6)cc2c43)N(c2ccc(C(C)(C)C)cc2)c2cc(-c3ccccc3)cc3c2B5c2cc(C(C)(C)C)ccc2N3c2ccc(C(C)(C)C)cc2)cc1. The van der Waals surface area contributed by atoms with Crippen LogP contribution in [0, 0.1) is 0 Å². The average Bonchev–Trinajstić information content (AvgIpc) is 0.690. The fourth-order valence-corrected chi connectivity index (χ4v) is 15.6. The van der Waals surface area contributed by atoms with Crippen LogP contribution in [0.5, 0.6) is 0 Å². The molecule has 4 aliphatic rings. The zero-order valence-electron chi connectivity index (χ0n) is 59.9. The molecule has 11 aromatic rings. The minimum atomic E-state index is -0.157. The molecule has 0 saturated heterocycles. The predicted octanol–water partition coefficient (Wildman–Crippen LogP) is 21.0. The van der Waals surface area contributed by atoms with Crippen molar-refractivity contribution >= 4 is 114 Å². The molecule has 4 aliphatic heterocycles. The Balaban J connectivity index is 1.10. The third kappa shape index (κ3) is 10.6. The average molecular weight is 1250 g/mol. The predicted molar refractivity (Wildman–Crippen MR) is 418 cm³/mol. The van der Waals surface area contributed by atoms with Crippen molar-refractivity contribution < 1.29 is 0 Å². The molecule has 0 amide bonds. The number of anilines is 12. The second-order valence-electron chi connectivity index (χ2n) is 34.0. The lowest BCUT2D eigenvalue weighted by atomic mass is 9.30. The molecule has 0 unspecified atom stereocenters. The molecule has 0 aliphatic carbocycles. The van der Waals surface area contributed by atoms with Crippen molar-refractivity contribution in [3.8, 4) is 22.3 Å². The van der Waals surface area contributed by atoms with Crippen LogP contribution in [0.1, 0.15) is 158 Å². The Kier molecular flexibility index (Phi) is 14.5. The summed E-state index contributed by atoms with van der Waals surface area (Å²) in [5.74, 6) is 0. The third-order valence-corrected chi connectivity index (χ3v) is 21.2. The van der Waals surface area contributed by atoms with Gasteiger partial charge in [0.2, 0.25) is 0 Å². The summed E-state index contributed by atoms with van der Waals surface area (Å²) in [7, 11) is 0. The molecule has 11 aromatic carbocycles. The van der Waals surface area contributed by atoms with Gasteiger partial charge in [0.15, 0.2) is 0 Å². The Morgan fingerprint density at radius 3 is 0.698 bits per heavy atom. The minimum absolute atomic E-state index is 0.0105. The summed E-state index contributed by atoms with van der Waals surface area (Å²) in [4.78, 5) is 10.5. The molecule has 0 N–H and O–H groups in total. The highest BCUT2D eigenvalue weighted by Crippen LogP contribution is 2.52. The van der Waals surface area contributed by atoms with Gasteiger partial charge >= 0.3 is 0 Å². The van der Waals surface area contributed by atoms with Crippen LogP contribution in [0.15, 0.2) is 231 Å². The molecular formula is C90H92B2N4. The molecule has 4 heterocycles. The molecule has 6 heteroatoms. The Morgan fingerprint density at radius 1 is 0.198 bits per heavy atom. The lowest BCUT2D eigenvalue weighted by Gasteiger charge is -2.48. The quantitative estimate of drug-likeness (QED) is 0.154. The summed E-state index contributed by atoms with van der Waals surface area (Å²) in [6.07, 6.45) is 0. The number of hydrogen-bond donors (Lipinski definition) is 0. The fraction of sp³-hybridized carbons (Fsp3) is 0.267. The van der Waals surface area contributed by atoms with Gasteiger partial charge in [0, 0.05) is 68.2 Å². The molecule has 96 heavy (non-hydrogen) atoms. The van der Waals surface area contributed by atoms with Crippen molar-refractivity contribution in [1.82, 2.24) is 0 Å². The summed E-state index contributed by atoms with van der Waals surface area (Å²) >= 11 is 0. The Bertz CT molecular complexity index is 4540. The second kappa shape index (κ2) is 22.2. The van der Waals surface area contributed by atoms with Crippen molar-refractivity contribution in [1.29, 1.82) is 0 Å². The van der Waals surface area contributed by atoms with Gasteiger partial charge < -0.3 is 19.6 Å². The molecule has 0 fully saturated rings. The van der Waals surface area contributed by atoms with Crippen molar-refractivity contribution in [2.75, 3.05) is 19.6 Å². The zero-order chi connectivity index (χ0) is 67.5. The van der Waals surface area contributed by atoms with E-state index in [1.54, 1.807) is 0 Å². The molecule has 0 radical (unpaired) electrons. The van der Waals surface area contributed by atoms with Gasteiger partial charge in [-0.1, -0.05) is 264 Å². The van der Waals surface area contributed by atoms with Crippen LogP contribution < -0.4 is 52.4 Å². The van der Waals surface area contributed by atoms with E-state index in [4.69, 9.17) is 0 Å². The first-order chi connectivity index (χ1) is 45.4. The maximum atomic E-state index is 2.71. The van der Waals surface area contributed by atoms with Gasteiger partial charge in [-0.05, 0) is 212 Å². The van der Waals surface area contributed by atoms with Gasteiger partial charge in [-0.25, -0.2) is 0 Å². The van der Waals surface area contributed by atoms with E-state index >= 15 is 0 Å². The lowest BCUT2D eigenvalue weighted by molar-refractivity contribution is 0.590. The van der Waals surface area contributed by atoms with Gasteiger partial charge in [0.05, 0.1) is 0 Å². The van der Waals surface area contributed by atoms with E-state index in [9.17, 15) is 0 Å². The van der Waals surface area contributed by atoms with E-state index < -0.39 is 0 Å². The van der Waals surface area contributed by atoms with E-state index in [0.717, 1.165) is 22.7 Å². The smallest absolute Gasteiger partial charge is 0.252 e. The number of benzene rings is 11. The van der Waals surface area contributed by atoms with Crippen molar-refractivity contribution in [3.63, 3.8) is 0 Å². The van der Waals surface area contributed by atoms with Crippen LogP contribution in [-0.2, 0) is 32.5 Å². The largest absolute Gasteiger partial charge is 0.311 e. The summed E-state index contributed by atoms with van der Waals surface area (Å²) in [6, 6.07) is 90.4. The van der Waals surface area contributed by atoms with Crippen LogP contribution in [-0.4, -0.2) is 13.4 Å². The highest BCUT2D eigenvalue weighted by Gasteiger charge is 2.49. The highest BCUT2D eigenvalue weighted by atomic mass is 15.2. The molecule has 0 saturated carbocycles. The molecular weight excluding hydrogens is 1160 g/mol. The normalized spacial score (nSPS) is 14.2. The van der Waals surface area contributed by atoms with Gasteiger partial charge in [0.1, 0.15) is 0 Å². The monoisotopic (exact) mass is 1250 g/mol. The lowest BCUT2D eigenvalue weighted by Crippen LogP contribution is -2.65. The second-order valence-corrected chi connectivity index (χ2v) is 34.0. The highest BCUT2D eigenvalue weighted by molar-refractivity contribution is 7.03. The van der Waals surface area contributed by atoms with Crippen LogP contribution >= 0.6 is 0 Å². The third-order valence-electron chi connectivity index (χ3n) is 21.2. The molecule has 0 atom stereocenters. The Morgan fingerprint density at radius 2 is 0.438 bits per heavy atom. The Labute approximate surface area is 573 Å².